The van der Waals surface area contributed by atoms with Gasteiger partial charge in [0, 0.05) is 122 Å². The number of furan rings is 3. The van der Waals surface area contributed by atoms with E-state index in [1.165, 1.54) is 22.3 Å². The number of fused-ring (bicyclic) bond motifs is 18. The summed E-state index contributed by atoms with van der Waals surface area (Å²) < 4.78 is 18.8. The molecule has 1 unspecified atom stereocenters. The van der Waals surface area contributed by atoms with E-state index >= 15 is 0 Å². The van der Waals surface area contributed by atoms with E-state index in [4.69, 9.17) is 48.1 Å². The molecule has 12 heteroatoms. The van der Waals surface area contributed by atoms with Gasteiger partial charge in [-0.25, -0.2) is 34.9 Å². The molecule has 1 aliphatic carbocycles. The third kappa shape index (κ3) is 15.0. The van der Waals surface area contributed by atoms with Crippen molar-refractivity contribution in [3.63, 3.8) is 0 Å². The van der Waals surface area contributed by atoms with Crippen molar-refractivity contribution in [3.05, 3.63) is 502 Å². The minimum Gasteiger partial charge on any atom is -0.456 e. The average molecular weight is 1770 g/mol. The van der Waals surface area contributed by atoms with Crippen LogP contribution in [-0.2, 0) is 0 Å². The van der Waals surface area contributed by atoms with Gasteiger partial charge in [0.1, 0.15) is 39.3 Å². The van der Waals surface area contributed by atoms with Crippen LogP contribution in [0.1, 0.15) is 22.9 Å². The van der Waals surface area contributed by atoms with Gasteiger partial charge in [0.25, 0.3) is 0 Å². The maximum Gasteiger partial charge on any atom is 0.160 e. The zero-order chi connectivity index (χ0) is 91.4. The number of aromatic nitrogens is 7. The molecule has 19 aromatic carbocycles. The molecule has 0 aliphatic heterocycles. The topological polar surface area (TPSA) is 136 Å². The molecule has 0 bridgehead atoms. The van der Waals surface area contributed by atoms with Crippen molar-refractivity contribution in [1.82, 2.24) is 34.9 Å². The molecule has 1 aliphatic rings. The van der Waals surface area contributed by atoms with E-state index in [-0.39, 0.29) is 5.92 Å². The molecule has 0 spiro atoms. The van der Waals surface area contributed by atoms with Gasteiger partial charge in [0.15, 0.2) is 11.6 Å². The Balaban J connectivity index is 0.000000110. The molecule has 1 atom stereocenters. The molecule has 0 N–H and O–H groups in total. The van der Waals surface area contributed by atoms with E-state index in [1.807, 2.05) is 146 Å². The molecule has 648 valence electrons. The summed E-state index contributed by atoms with van der Waals surface area (Å²) in [6.07, 6.45) is 0. The predicted molar refractivity (Wildman–Crippen MR) is 564 cm³/mol. The molecule has 138 heavy (non-hydrogen) atoms. The summed E-state index contributed by atoms with van der Waals surface area (Å²) in [7, 11) is 0. The first-order valence-electron chi connectivity index (χ1n) is 46.3. The predicted octanol–water partition coefficient (Wildman–Crippen LogP) is 33.4. The van der Waals surface area contributed by atoms with Gasteiger partial charge in [0.05, 0.1) is 50.9 Å². The quantitative estimate of drug-likeness (QED) is 0.0966. The number of anilines is 6. The van der Waals surface area contributed by atoms with Crippen LogP contribution in [-0.4, -0.2) is 34.9 Å². The lowest BCUT2D eigenvalue weighted by atomic mass is 9.94. The summed E-state index contributed by atoms with van der Waals surface area (Å²) in [6.45, 7) is 0. The Bertz CT molecular complexity index is 8950. The molecule has 7 aromatic heterocycles. The molecule has 0 amide bonds. The Hall–Kier alpha value is -18.7. The molecular formula is C126H81N9O3. The lowest BCUT2D eigenvalue weighted by Gasteiger charge is -2.26. The van der Waals surface area contributed by atoms with Crippen molar-refractivity contribution < 1.29 is 13.3 Å². The van der Waals surface area contributed by atoms with Crippen LogP contribution in [0.5, 0.6) is 0 Å². The summed E-state index contributed by atoms with van der Waals surface area (Å²) in [5.41, 5.74) is 32.9. The van der Waals surface area contributed by atoms with Crippen LogP contribution in [0.4, 0.5) is 34.1 Å². The van der Waals surface area contributed by atoms with E-state index in [0.717, 1.165) is 217 Å². The molecule has 26 aromatic rings. The number of nitrogens with zero attached hydrogens (tertiary/aromatic N) is 9. The number of hydrogen-bond acceptors (Lipinski definition) is 12. The summed E-state index contributed by atoms with van der Waals surface area (Å²) in [6, 6.07) is 167. The van der Waals surface area contributed by atoms with Crippen molar-refractivity contribution >= 4 is 133 Å². The molecule has 12 nitrogen and oxygen atoms in total. The number of para-hydroxylation sites is 7. The summed E-state index contributed by atoms with van der Waals surface area (Å²) in [5.74, 6) is 2.01. The third-order valence-electron chi connectivity index (χ3n) is 26.0. The van der Waals surface area contributed by atoms with Gasteiger partial charge >= 0.3 is 0 Å². The molecule has 0 radical (unpaired) electrons. The second-order valence-corrected chi connectivity index (χ2v) is 34.4. The highest BCUT2D eigenvalue weighted by Crippen LogP contribution is 2.52. The Labute approximate surface area is 794 Å². The third-order valence-corrected chi connectivity index (χ3v) is 26.0. The Kier molecular flexibility index (Phi) is 20.7. The molecular weight excluding hydrogens is 1690 g/mol. The van der Waals surface area contributed by atoms with Crippen LogP contribution in [0.2, 0.25) is 0 Å². The highest BCUT2D eigenvalue weighted by molar-refractivity contribution is 6.24. The normalized spacial score (nSPS) is 12.1. The molecule has 0 saturated carbocycles. The highest BCUT2D eigenvalue weighted by atomic mass is 16.3. The van der Waals surface area contributed by atoms with Gasteiger partial charge in [-0.05, 0) is 179 Å². The van der Waals surface area contributed by atoms with Crippen LogP contribution >= 0.6 is 0 Å². The standard InChI is InChI=1S/C45H29N3O.C43H27N3O.C38H25N3O/c1-4-14-29(15-5-1)44-43-38(26-27-40-42(43)36-22-12-13-23-39(36)49-40)46-45(47-44)41-34-21-11-10-20-33(34)37-28-32(24-25-35(37)41)48(30-16-6-2-7-17-30)31-18-8-3-9-19-31;1-4-13-28(14-5-1)33-26-36(29-15-6-2-7-16-29)44-37(27-33)31-19-12-20-32(25-31)43-45-35-23-24-39-40(34-21-10-11-22-38(34)47-39)41(35)42(46-43)30-17-8-3-9-18-30;1-4-13-26(14-5-1)37-36-32(23-24-34-35(36)31-21-10-11-22-33(31)42-34)39-38(40-37)27-15-12-20-30(25-27)41(28-16-6-2-7-17-28)29-18-8-3-9-19-29/h1-28,41H;1-27H;1-25H. The Morgan fingerprint density at radius 1 is 0.181 bits per heavy atom. The van der Waals surface area contributed by atoms with Gasteiger partial charge in [-0.2, -0.15) is 0 Å². The number of rotatable bonds is 15. The van der Waals surface area contributed by atoms with E-state index in [0.29, 0.717) is 11.6 Å². The van der Waals surface area contributed by atoms with Crippen molar-refractivity contribution in [3.8, 4) is 101 Å². The fourth-order valence-corrected chi connectivity index (χ4v) is 19.8. The summed E-state index contributed by atoms with van der Waals surface area (Å²) >= 11 is 0. The number of pyridine rings is 1. The second kappa shape index (κ2) is 35.1. The minimum absolute atomic E-state index is 0.120. The van der Waals surface area contributed by atoms with Crippen LogP contribution in [0.15, 0.2) is 499 Å². The van der Waals surface area contributed by atoms with Crippen LogP contribution in [0.3, 0.4) is 0 Å². The zero-order valence-electron chi connectivity index (χ0n) is 74.5. The lowest BCUT2D eigenvalue weighted by molar-refractivity contribution is 0.669. The van der Waals surface area contributed by atoms with Gasteiger partial charge in [-0.1, -0.05) is 340 Å². The first-order chi connectivity index (χ1) is 68.4. The summed E-state index contributed by atoms with van der Waals surface area (Å²) in [5, 5.41) is 9.33. The molecule has 27 rings (SSSR count). The van der Waals surface area contributed by atoms with Crippen molar-refractivity contribution in [2.24, 2.45) is 0 Å². The van der Waals surface area contributed by atoms with E-state index in [1.54, 1.807) is 0 Å². The molecule has 0 fully saturated rings. The fourth-order valence-electron chi connectivity index (χ4n) is 19.8. The number of benzene rings is 19. The van der Waals surface area contributed by atoms with Crippen LogP contribution < -0.4 is 9.80 Å². The van der Waals surface area contributed by atoms with E-state index in [2.05, 4.69) is 350 Å². The fraction of sp³-hybridized carbons (Fsp3) is 0.00794. The maximum absolute atomic E-state index is 6.31. The highest BCUT2D eigenvalue weighted by Gasteiger charge is 2.35. The smallest absolute Gasteiger partial charge is 0.160 e. The minimum atomic E-state index is -0.120. The molecule has 7 heterocycles. The van der Waals surface area contributed by atoms with E-state index < -0.39 is 0 Å². The zero-order valence-corrected chi connectivity index (χ0v) is 74.5. The lowest BCUT2D eigenvalue weighted by Crippen LogP contribution is -2.10. The second-order valence-electron chi connectivity index (χ2n) is 34.4. The number of hydrogen-bond donors (Lipinski definition) is 0. The van der Waals surface area contributed by atoms with Gasteiger partial charge < -0.3 is 23.1 Å². The maximum atomic E-state index is 6.31. The Morgan fingerprint density at radius 2 is 0.514 bits per heavy atom. The largest absolute Gasteiger partial charge is 0.456 e. The van der Waals surface area contributed by atoms with Crippen molar-refractivity contribution in [1.29, 1.82) is 0 Å². The van der Waals surface area contributed by atoms with Crippen molar-refractivity contribution in [2.75, 3.05) is 9.80 Å². The van der Waals surface area contributed by atoms with Crippen LogP contribution in [0.25, 0.3) is 200 Å². The Morgan fingerprint density at radius 3 is 0.971 bits per heavy atom. The van der Waals surface area contributed by atoms with Crippen LogP contribution in [0, 0.1) is 0 Å². The molecule has 0 saturated heterocycles. The first-order valence-corrected chi connectivity index (χ1v) is 46.3. The van der Waals surface area contributed by atoms with Gasteiger partial charge in [-0.3, -0.25) is 0 Å². The van der Waals surface area contributed by atoms with Crippen molar-refractivity contribution in [2.45, 2.75) is 5.92 Å². The first kappa shape index (κ1) is 81.4. The summed E-state index contributed by atoms with van der Waals surface area (Å²) in [4.78, 5) is 41.4. The average Bonchev–Trinajstić information content (AvgIpc) is 1.55. The van der Waals surface area contributed by atoms with Gasteiger partial charge in [0.2, 0.25) is 0 Å². The monoisotopic (exact) mass is 1770 g/mol. The SMILES string of the molecule is c1ccc(-c2cc(-c3ccccc3)nc(-c3cccc(-c4nc(-c5ccccc5)c5c(ccc6oc7ccccc7c65)n4)c3)c2)cc1.c1ccc(-c2nc(-c3cccc(N(c4ccccc4)c4ccccc4)c3)nc3ccc4oc5ccccc5c4c23)cc1.c1ccc(-c2nc(C3c4ccccc4-c4cc(N(c5ccccc5)c5ccccc5)ccc43)nc3ccc4oc5ccccc5c4c23)cc1. The van der Waals surface area contributed by atoms with E-state index in [9.17, 15) is 0 Å². The van der Waals surface area contributed by atoms with Gasteiger partial charge in [-0.15, -0.1) is 0 Å².